The number of hydrogen-bond donors (Lipinski definition) is 1. The van der Waals surface area contributed by atoms with Crippen LogP contribution in [0.3, 0.4) is 0 Å². The van der Waals surface area contributed by atoms with Crippen LogP contribution in [-0.2, 0) is 17.8 Å². The van der Waals surface area contributed by atoms with Crippen molar-refractivity contribution in [2.24, 2.45) is 0 Å². The summed E-state index contributed by atoms with van der Waals surface area (Å²) in [7, 11) is 0. The van der Waals surface area contributed by atoms with E-state index in [1.165, 1.54) is 11.1 Å². The van der Waals surface area contributed by atoms with Crippen molar-refractivity contribution in [3.05, 3.63) is 66.2 Å². The Bertz CT molecular complexity index is 830. The third-order valence-corrected chi connectivity index (χ3v) is 4.44. The number of nitrogens with zero attached hydrogens (tertiary/aromatic N) is 5. The zero-order valence-electron chi connectivity index (χ0n) is 14.6. The first-order valence-electron chi connectivity index (χ1n) is 8.81. The molecule has 0 amide bonds. The number of anilines is 1. The van der Waals surface area contributed by atoms with Crippen LogP contribution in [0.4, 0.5) is 5.82 Å². The Kier molecular flexibility index (Phi) is 5.18. The molecule has 134 valence electrons. The highest BCUT2D eigenvalue weighted by atomic mass is 16.5. The third-order valence-electron chi connectivity index (χ3n) is 4.44. The molecule has 7 heteroatoms. The maximum Gasteiger partial charge on any atom is 0.173 e. The summed E-state index contributed by atoms with van der Waals surface area (Å²) >= 11 is 0. The minimum atomic E-state index is 0.696. The van der Waals surface area contributed by atoms with Gasteiger partial charge in [-0.05, 0) is 17.2 Å². The standard InChI is InChI=1S/C19H22N6O/c1-2-5-17(15-24-8-10-26-11-9-24)16(4-1)12-21-18-13-20-14-19(23-18)25-7-3-6-22-25/h1-7,13-14H,8-12,15H2,(H,21,23). The van der Waals surface area contributed by atoms with Gasteiger partial charge in [0.25, 0.3) is 0 Å². The normalized spacial score (nSPS) is 15.1. The van der Waals surface area contributed by atoms with Crippen LogP contribution >= 0.6 is 0 Å². The lowest BCUT2D eigenvalue weighted by molar-refractivity contribution is 0.0341. The topological polar surface area (TPSA) is 68.1 Å². The molecular weight excluding hydrogens is 328 g/mol. The molecule has 0 spiro atoms. The molecule has 0 atom stereocenters. The molecule has 0 saturated carbocycles. The Hall–Kier alpha value is -2.77. The van der Waals surface area contributed by atoms with Gasteiger partial charge in [0, 0.05) is 38.6 Å². The summed E-state index contributed by atoms with van der Waals surface area (Å²) in [6.07, 6.45) is 7.01. The molecule has 0 radical (unpaired) electrons. The zero-order valence-corrected chi connectivity index (χ0v) is 14.6. The fraction of sp³-hybridized carbons (Fsp3) is 0.316. The van der Waals surface area contributed by atoms with Gasteiger partial charge in [-0.3, -0.25) is 9.88 Å². The lowest BCUT2D eigenvalue weighted by Crippen LogP contribution is -2.35. The second-order valence-electron chi connectivity index (χ2n) is 6.22. The fourth-order valence-corrected chi connectivity index (χ4v) is 3.03. The molecule has 1 aromatic carbocycles. The summed E-state index contributed by atoms with van der Waals surface area (Å²) in [5.74, 6) is 1.43. The molecule has 4 rings (SSSR count). The van der Waals surface area contributed by atoms with Gasteiger partial charge >= 0.3 is 0 Å². The number of morpholine rings is 1. The van der Waals surface area contributed by atoms with E-state index in [4.69, 9.17) is 4.74 Å². The van der Waals surface area contributed by atoms with E-state index in [2.05, 4.69) is 49.5 Å². The van der Waals surface area contributed by atoms with Crippen molar-refractivity contribution in [3.63, 3.8) is 0 Å². The second kappa shape index (κ2) is 8.07. The molecule has 2 aromatic heterocycles. The van der Waals surface area contributed by atoms with Gasteiger partial charge in [-0.2, -0.15) is 5.10 Å². The van der Waals surface area contributed by atoms with E-state index in [1.807, 2.05) is 12.3 Å². The van der Waals surface area contributed by atoms with Gasteiger partial charge in [-0.15, -0.1) is 0 Å². The van der Waals surface area contributed by atoms with Crippen LogP contribution in [0.25, 0.3) is 5.82 Å². The zero-order chi connectivity index (χ0) is 17.6. The van der Waals surface area contributed by atoms with Crippen molar-refractivity contribution in [2.45, 2.75) is 13.1 Å². The Morgan fingerprint density at radius 1 is 1.04 bits per heavy atom. The number of nitrogens with one attached hydrogen (secondary N) is 1. The molecule has 1 N–H and O–H groups in total. The molecule has 1 aliphatic rings. The largest absolute Gasteiger partial charge is 0.379 e. The van der Waals surface area contributed by atoms with Crippen LogP contribution in [0, 0.1) is 0 Å². The first-order valence-corrected chi connectivity index (χ1v) is 8.81. The van der Waals surface area contributed by atoms with E-state index in [-0.39, 0.29) is 0 Å². The van der Waals surface area contributed by atoms with Gasteiger partial charge in [-0.25, -0.2) is 9.67 Å². The van der Waals surface area contributed by atoms with E-state index in [0.29, 0.717) is 12.4 Å². The molecule has 7 nitrogen and oxygen atoms in total. The first-order chi connectivity index (χ1) is 12.9. The van der Waals surface area contributed by atoms with Crippen LogP contribution in [0.2, 0.25) is 0 Å². The molecule has 0 bridgehead atoms. The molecule has 3 aromatic rings. The summed E-state index contributed by atoms with van der Waals surface area (Å²) in [5, 5.41) is 7.58. The van der Waals surface area contributed by atoms with Crippen LogP contribution in [0.15, 0.2) is 55.1 Å². The molecular formula is C19H22N6O. The van der Waals surface area contributed by atoms with Gasteiger partial charge in [-0.1, -0.05) is 24.3 Å². The van der Waals surface area contributed by atoms with E-state index in [9.17, 15) is 0 Å². The molecule has 1 saturated heterocycles. The van der Waals surface area contributed by atoms with Crippen LogP contribution in [0.5, 0.6) is 0 Å². The maximum absolute atomic E-state index is 5.44. The molecule has 1 aliphatic heterocycles. The fourth-order valence-electron chi connectivity index (χ4n) is 3.03. The van der Waals surface area contributed by atoms with Crippen molar-refractivity contribution >= 4 is 5.82 Å². The smallest absolute Gasteiger partial charge is 0.173 e. The lowest BCUT2D eigenvalue weighted by Gasteiger charge is -2.27. The number of aromatic nitrogens is 4. The van der Waals surface area contributed by atoms with Crippen LogP contribution < -0.4 is 5.32 Å². The molecule has 1 fully saturated rings. The lowest BCUT2D eigenvalue weighted by atomic mass is 10.1. The average Bonchev–Trinajstić information content (AvgIpc) is 3.23. The number of benzene rings is 1. The van der Waals surface area contributed by atoms with E-state index >= 15 is 0 Å². The summed E-state index contributed by atoms with van der Waals surface area (Å²) in [4.78, 5) is 11.3. The number of rotatable bonds is 6. The van der Waals surface area contributed by atoms with Gasteiger partial charge < -0.3 is 10.1 Å². The van der Waals surface area contributed by atoms with Crippen LogP contribution in [-0.4, -0.2) is 51.0 Å². The third kappa shape index (κ3) is 4.07. The van der Waals surface area contributed by atoms with Gasteiger partial charge in [0.15, 0.2) is 5.82 Å². The van der Waals surface area contributed by atoms with Crippen molar-refractivity contribution in [1.82, 2.24) is 24.6 Å². The Balaban J connectivity index is 1.44. The monoisotopic (exact) mass is 350 g/mol. The van der Waals surface area contributed by atoms with Crippen molar-refractivity contribution < 1.29 is 4.74 Å². The minimum Gasteiger partial charge on any atom is -0.379 e. The first kappa shape index (κ1) is 16.7. The summed E-state index contributed by atoms with van der Waals surface area (Å²) in [6.45, 7) is 5.25. The summed E-state index contributed by atoms with van der Waals surface area (Å²) < 4.78 is 7.14. The minimum absolute atomic E-state index is 0.696. The van der Waals surface area contributed by atoms with Crippen molar-refractivity contribution in [1.29, 1.82) is 0 Å². The van der Waals surface area contributed by atoms with Crippen molar-refractivity contribution in [3.8, 4) is 5.82 Å². The van der Waals surface area contributed by atoms with E-state index < -0.39 is 0 Å². The molecule has 3 heterocycles. The Labute approximate surface area is 152 Å². The van der Waals surface area contributed by atoms with Gasteiger partial charge in [0.1, 0.15) is 5.82 Å². The van der Waals surface area contributed by atoms with Crippen molar-refractivity contribution in [2.75, 3.05) is 31.6 Å². The predicted molar refractivity (Wildman–Crippen MR) is 99.0 cm³/mol. The summed E-state index contributed by atoms with van der Waals surface area (Å²) in [5.41, 5.74) is 2.60. The molecule has 26 heavy (non-hydrogen) atoms. The number of hydrogen-bond acceptors (Lipinski definition) is 6. The molecule has 0 aliphatic carbocycles. The highest BCUT2D eigenvalue weighted by molar-refractivity contribution is 5.38. The Morgan fingerprint density at radius 2 is 1.88 bits per heavy atom. The quantitative estimate of drug-likeness (QED) is 0.734. The van der Waals surface area contributed by atoms with Crippen LogP contribution in [0.1, 0.15) is 11.1 Å². The SMILES string of the molecule is c1ccc(CN2CCOCC2)c(CNc2cncc(-n3cccn3)n2)c1. The van der Waals surface area contributed by atoms with Gasteiger partial charge in [0.2, 0.25) is 0 Å². The molecule has 0 unspecified atom stereocenters. The Morgan fingerprint density at radius 3 is 2.69 bits per heavy atom. The van der Waals surface area contributed by atoms with E-state index in [0.717, 1.165) is 38.7 Å². The predicted octanol–water partition coefficient (Wildman–Crippen LogP) is 2.11. The average molecular weight is 350 g/mol. The second-order valence-corrected chi connectivity index (χ2v) is 6.22. The number of ether oxygens (including phenoxy) is 1. The van der Waals surface area contributed by atoms with Gasteiger partial charge in [0.05, 0.1) is 25.6 Å². The highest BCUT2D eigenvalue weighted by Gasteiger charge is 2.12. The maximum atomic E-state index is 5.44. The van der Waals surface area contributed by atoms with E-state index in [1.54, 1.807) is 23.3 Å². The highest BCUT2D eigenvalue weighted by Crippen LogP contribution is 2.15. The summed E-state index contributed by atoms with van der Waals surface area (Å²) in [6, 6.07) is 10.4.